The number of Topliss-reactive ketones (excluding diaryl/α,β-unsaturated/α-hetero) is 2. The minimum Gasteiger partial charge on any atom is -0.497 e. The van der Waals surface area contributed by atoms with Crippen LogP contribution in [-0.4, -0.2) is 74.4 Å². The number of hydrogen-bond donors (Lipinski definition) is 1. The number of carbonyl (C=O) groups is 3. The van der Waals surface area contributed by atoms with Crippen LogP contribution in [0.5, 0.6) is 5.75 Å². The molecular weight excluding hydrogens is 608 g/mol. The highest BCUT2D eigenvalue weighted by atomic mass is 32.2. The number of aliphatic hydroxyl groups excluding tert-OH is 1. The van der Waals surface area contributed by atoms with Gasteiger partial charge in [-0.25, -0.2) is 13.2 Å². The lowest BCUT2D eigenvalue weighted by Gasteiger charge is -2.31. The lowest BCUT2D eigenvalue weighted by molar-refractivity contribution is -0.127. The summed E-state index contributed by atoms with van der Waals surface area (Å²) < 4.78 is 39.6. The van der Waals surface area contributed by atoms with E-state index < -0.39 is 34.2 Å². The molecule has 0 radical (unpaired) electrons. The number of sulfonamides is 1. The van der Waals surface area contributed by atoms with Crippen molar-refractivity contribution in [2.75, 3.05) is 31.6 Å². The Kier molecular flexibility index (Phi) is 11.7. The SMILES string of the molecule is CC[C@H](C)CN(C[C@@H](O)[C@@H](CC(=O)[C@@H]1CN(c2cccc(C(C)=O)c2)C(=O)O1)Cc1ccccc1)S(=O)(=O)c1ccc(OC)cc1. The number of aliphatic hydroxyl groups is 1. The van der Waals surface area contributed by atoms with Crippen LogP contribution in [0.15, 0.2) is 83.8 Å². The van der Waals surface area contributed by atoms with Gasteiger partial charge < -0.3 is 14.6 Å². The zero-order chi connectivity index (χ0) is 33.4. The second kappa shape index (κ2) is 15.5. The Labute approximate surface area is 271 Å². The highest BCUT2D eigenvalue weighted by Gasteiger charge is 2.39. The number of hydrogen-bond acceptors (Lipinski definition) is 8. The van der Waals surface area contributed by atoms with Crippen LogP contribution in [0.25, 0.3) is 0 Å². The summed E-state index contributed by atoms with van der Waals surface area (Å²) in [4.78, 5) is 39.7. The van der Waals surface area contributed by atoms with E-state index in [1.54, 1.807) is 36.4 Å². The van der Waals surface area contributed by atoms with Gasteiger partial charge in [0.25, 0.3) is 0 Å². The number of amides is 1. The highest BCUT2D eigenvalue weighted by Crippen LogP contribution is 2.28. The molecule has 4 rings (SSSR count). The average Bonchev–Trinajstić information content (AvgIpc) is 3.46. The lowest BCUT2D eigenvalue weighted by Crippen LogP contribution is -2.43. The molecule has 3 aromatic carbocycles. The van der Waals surface area contributed by atoms with Crippen LogP contribution in [0.3, 0.4) is 0 Å². The summed E-state index contributed by atoms with van der Waals surface area (Å²) in [7, 11) is -2.50. The van der Waals surface area contributed by atoms with E-state index in [4.69, 9.17) is 9.47 Å². The number of benzene rings is 3. The maximum absolute atomic E-state index is 13.8. The Morgan fingerprint density at radius 2 is 1.74 bits per heavy atom. The maximum atomic E-state index is 13.8. The van der Waals surface area contributed by atoms with E-state index in [1.807, 2.05) is 44.2 Å². The van der Waals surface area contributed by atoms with Crippen LogP contribution >= 0.6 is 0 Å². The third-order valence-electron chi connectivity index (χ3n) is 8.38. The number of cyclic esters (lactones) is 1. The molecule has 0 unspecified atom stereocenters. The van der Waals surface area contributed by atoms with Gasteiger partial charge in [0.15, 0.2) is 17.7 Å². The first-order valence-corrected chi connectivity index (χ1v) is 16.8. The van der Waals surface area contributed by atoms with Gasteiger partial charge in [-0.15, -0.1) is 0 Å². The van der Waals surface area contributed by atoms with E-state index >= 15 is 0 Å². The number of methoxy groups -OCH3 is 1. The van der Waals surface area contributed by atoms with Crippen molar-refractivity contribution in [3.8, 4) is 5.75 Å². The molecule has 46 heavy (non-hydrogen) atoms. The first kappa shape index (κ1) is 34.8. The zero-order valence-electron chi connectivity index (χ0n) is 26.7. The van der Waals surface area contributed by atoms with E-state index in [0.29, 0.717) is 23.4 Å². The molecule has 4 atom stereocenters. The van der Waals surface area contributed by atoms with E-state index in [0.717, 1.165) is 12.0 Å². The third-order valence-corrected chi connectivity index (χ3v) is 10.2. The molecule has 11 heteroatoms. The van der Waals surface area contributed by atoms with Crippen molar-refractivity contribution in [2.45, 2.75) is 57.1 Å². The predicted molar refractivity (Wildman–Crippen MR) is 175 cm³/mol. The molecule has 0 bridgehead atoms. The van der Waals surface area contributed by atoms with Crippen molar-refractivity contribution in [1.29, 1.82) is 0 Å². The molecule has 1 fully saturated rings. The number of ether oxygens (including phenoxy) is 2. The third kappa shape index (κ3) is 8.60. The molecule has 1 aliphatic rings. The smallest absolute Gasteiger partial charge is 0.415 e. The first-order chi connectivity index (χ1) is 21.9. The Bertz CT molecular complexity index is 1610. The van der Waals surface area contributed by atoms with Crippen molar-refractivity contribution in [2.24, 2.45) is 11.8 Å². The van der Waals surface area contributed by atoms with Crippen LogP contribution in [0.2, 0.25) is 0 Å². The van der Waals surface area contributed by atoms with Crippen molar-refractivity contribution in [3.05, 3.63) is 90.0 Å². The molecule has 0 aromatic heterocycles. The summed E-state index contributed by atoms with van der Waals surface area (Å²) in [6.45, 7) is 5.26. The molecule has 1 aliphatic heterocycles. The van der Waals surface area contributed by atoms with Crippen LogP contribution in [0.1, 0.15) is 49.5 Å². The van der Waals surface area contributed by atoms with Gasteiger partial charge in [-0.1, -0.05) is 62.7 Å². The summed E-state index contributed by atoms with van der Waals surface area (Å²) in [5, 5.41) is 11.6. The van der Waals surface area contributed by atoms with Crippen molar-refractivity contribution < 1.29 is 37.4 Å². The molecule has 1 saturated heterocycles. The number of carbonyl (C=O) groups excluding carboxylic acids is 3. The Hall–Kier alpha value is -4.06. The molecule has 3 aromatic rings. The number of anilines is 1. The number of rotatable bonds is 16. The maximum Gasteiger partial charge on any atom is 0.415 e. The molecule has 1 N–H and O–H groups in total. The van der Waals surface area contributed by atoms with Gasteiger partial charge in [-0.05, 0) is 67.1 Å². The molecule has 0 spiro atoms. The summed E-state index contributed by atoms with van der Waals surface area (Å²) in [6, 6.07) is 22.0. The minimum atomic E-state index is -4.00. The standard InChI is InChI=1S/C35H42N2O8S/c1-5-24(2)21-36(46(42,43)31-16-14-30(44-4)15-17-31)22-33(40)28(18-26-10-7-6-8-11-26)20-32(39)34-23-37(35(41)45-34)29-13-9-12-27(19-29)25(3)38/h6-17,19,24,28,33-34,40H,5,18,20-23H2,1-4H3/t24-,28+,33+,34-/m0/s1. The Morgan fingerprint density at radius 3 is 2.37 bits per heavy atom. The van der Waals surface area contributed by atoms with E-state index in [2.05, 4.69) is 0 Å². The summed E-state index contributed by atoms with van der Waals surface area (Å²) in [6.07, 6.45) is -2.10. The van der Waals surface area contributed by atoms with Crippen LogP contribution in [0.4, 0.5) is 10.5 Å². The normalized spacial score (nSPS) is 17.0. The minimum absolute atomic E-state index is 0.0137. The van der Waals surface area contributed by atoms with Crippen molar-refractivity contribution in [3.63, 3.8) is 0 Å². The largest absolute Gasteiger partial charge is 0.497 e. The fourth-order valence-corrected chi connectivity index (χ4v) is 6.96. The van der Waals surface area contributed by atoms with Crippen molar-refractivity contribution >= 4 is 33.4 Å². The number of ketones is 2. The van der Waals surface area contributed by atoms with Gasteiger partial charge in [0.1, 0.15) is 5.75 Å². The van der Waals surface area contributed by atoms with Gasteiger partial charge in [0.2, 0.25) is 10.0 Å². The van der Waals surface area contributed by atoms with E-state index in [9.17, 15) is 27.9 Å². The van der Waals surface area contributed by atoms with Crippen LogP contribution in [-0.2, 0) is 26.0 Å². The predicted octanol–water partition coefficient (Wildman–Crippen LogP) is 5.14. The van der Waals surface area contributed by atoms with Gasteiger partial charge in [0, 0.05) is 30.8 Å². The quantitative estimate of drug-likeness (QED) is 0.211. The van der Waals surface area contributed by atoms with Crippen LogP contribution < -0.4 is 9.64 Å². The average molecular weight is 651 g/mol. The van der Waals surface area contributed by atoms with Gasteiger partial charge >= 0.3 is 6.09 Å². The van der Waals surface area contributed by atoms with E-state index in [1.165, 1.54) is 35.4 Å². The summed E-state index contributed by atoms with van der Waals surface area (Å²) in [5.74, 6) is -0.679. The molecule has 0 saturated carbocycles. The molecule has 246 valence electrons. The monoisotopic (exact) mass is 650 g/mol. The molecule has 0 aliphatic carbocycles. The molecule has 10 nitrogen and oxygen atoms in total. The van der Waals surface area contributed by atoms with E-state index in [-0.39, 0.29) is 48.4 Å². The summed E-state index contributed by atoms with van der Waals surface area (Å²) >= 11 is 0. The fourth-order valence-electron chi connectivity index (χ4n) is 5.39. The van der Waals surface area contributed by atoms with Crippen LogP contribution in [0, 0.1) is 11.8 Å². The van der Waals surface area contributed by atoms with Crippen molar-refractivity contribution in [1.82, 2.24) is 4.31 Å². The topological polar surface area (TPSA) is 131 Å². The molecular formula is C35H42N2O8S. The molecule has 1 amide bonds. The lowest BCUT2D eigenvalue weighted by atomic mass is 9.88. The second-order valence-corrected chi connectivity index (χ2v) is 13.7. The van der Waals surface area contributed by atoms with Gasteiger partial charge in [0.05, 0.1) is 24.7 Å². The second-order valence-electron chi connectivity index (χ2n) is 11.8. The highest BCUT2D eigenvalue weighted by molar-refractivity contribution is 7.89. The number of nitrogens with zero attached hydrogens (tertiary/aromatic N) is 2. The Morgan fingerprint density at radius 1 is 1.04 bits per heavy atom. The fraction of sp³-hybridized carbons (Fsp3) is 0.400. The summed E-state index contributed by atoms with van der Waals surface area (Å²) in [5.41, 5.74) is 1.74. The molecule has 1 heterocycles. The first-order valence-electron chi connectivity index (χ1n) is 15.4. The van der Waals surface area contributed by atoms with Gasteiger partial charge in [-0.3, -0.25) is 14.5 Å². The zero-order valence-corrected chi connectivity index (χ0v) is 27.5. The van der Waals surface area contributed by atoms with Gasteiger partial charge in [-0.2, -0.15) is 4.31 Å². The Balaban J connectivity index is 1.56.